The Hall–Kier alpha value is -1.55. The summed E-state index contributed by atoms with van der Waals surface area (Å²) in [6.07, 6.45) is 1.97. The highest BCUT2D eigenvalue weighted by molar-refractivity contribution is 5.92. The molecular formula is C16H24N2O2. The van der Waals surface area contributed by atoms with E-state index in [4.69, 9.17) is 4.74 Å². The second-order valence-corrected chi connectivity index (χ2v) is 5.73. The molecule has 0 radical (unpaired) electrons. The van der Waals surface area contributed by atoms with Gasteiger partial charge in [0.1, 0.15) is 5.75 Å². The normalized spacial score (nSPS) is 18.2. The van der Waals surface area contributed by atoms with E-state index in [0.717, 1.165) is 44.0 Å². The molecule has 1 atom stereocenters. The van der Waals surface area contributed by atoms with Crippen molar-refractivity contribution < 1.29 is 9.53 Å². The summed E-state index contributed by atoms with van der Waals surface area (Å²) in [6, 6.07) is 7.60. The molecule has 20 heavy (non-hydrogen) atoms. The van der Waals surface area contributed by atoms with Gasteiger partial charge in [0.05, 0.1) is 12.5 Å². The van der Waals surface area contributed by atoms with Crippen LogP contribution in [-0.2, 0) is 4.79 Å². The second kappa shape index (κ2) is 7.29. The first-order chi connectivity index (χ1) is 9.65. The Balaban J connectivity index is 1.80. The zero-order valence-corrected chi connectivity index (χ0v) is 12.3. The van der Waals surface area contributed by atoms with Crippen LogP contribution in [0.25, 0.3) is 0 Å². The largest absolute Gasteiger partial charge is 0.494 e. The lowest BCUT2D eigenvalue weighted by Crippen LogP contribution is -2.24. The van der Waals surface area contributed by atoms with Crippen LogP contribution in [-0.4, -0.2) is 25.6 Å². The van der Waals surface area contributed by atoms with E-state index in [2.05, 4.69) is 24.5 Å². The predicted octanol–water partition coefficient (Wildman–Crippen LogP) is 2.66. The molecule has 0 bridgehead atoms. The van der Waals surface area contributed by atoms with E-state index >= 15 is 0 Å². The van der Waals surface area contributed by atoms with Gasteiger partial charge >= 0.3 is 0 Å². The van der Waals surface area contributed by atoms with E-state index in [1.165, 1.54) is 0 Å². The predicted molar refractivity (Wildman–Crippen MR) is 81.0 cm³/mol. The molecule has 110 valence electrons. The fraction of sp³-hybridized carbons (Fsp3) is 0.562. The maximum absolute atomic E-state index is 12.0. The third-order valence-corrected chi connectivity index (χ3v) is 3.52. The molecule has 1 amide bonds. The molecule has 1 fully saturated rings. The lowest BCUT2D eigenvalue weighted by molar-refractivity contribution is -0.119. The Morgan fingerprint density at radius 2 is 2.15 bits per heavy atom. The molecular weight excluding hydrogens is 252 g/mol. The van der Waals surface area contributed by atoms with E-state index in [0.29, 0.717) is 5.92 Å². The SMILES string of the molecule is CC(C)CCOc1ccc(NC(=O)C2CCNC2)cc1. The van der Waals surface area contributed by atoms with Gasteiger partial charge in [-0.25, -0.2) is 0 Å². The minimum atomic E-state index is 0.0944. The molecule has 1 aromatic rings. The molecule has 4 heteroatoms. The van der Waals surface area contributed by atoms with Gasteiger partial charge in [0.2, 0.25) is 5.91 Å². The van der Waals surface area contributed by atoms with Gasteiger partial charge in [0.15, 0.2) is 0 Å². The maximum Gasteiger partial charge on any atom is 0.228 e. The first-order valence-corrected chi connectivity index (χ1v) is 7.39. The third kappa shape index (κ3) is 4.53. The number of carbonyl (C=O) groups is 1. The van der Waals surface area contributed by atoms with Crippen molar-refractivity contribution in [2.45, 2.75) is 26.7 Å². The van der Waals surface area contributed by atoms with Crippen molar-refractivity contribution in [2.75, 3.05) is 25.0 Å². The molecule has 1 aliphatic rings. The van der Waals surface area contributed by atoms with Gasteiger partial charge in [-0.2, -0.15) is 0 Å². The Morgan fingerprint density at radius 1 is 1.40 bits per heavy atom. The highest BCUT2D eigenvalue weighted by atomic mass is 16.5. The highest BCUT2D eigenvalue weighted by Crippen LogP contribution is 2.18. The summed E-state index contributed by atoms with van der Waals surface area (Å²) in [5.41, 5.74) is 0.832. The standard InChI is InChI=1S/C16H24N2O2/c1-12(2)8-10-20-15-5-3-14(4-6-15)18-16(19)13-7-9-17-11-13/h3-6,12-13,17H,7-11H2,1-2H3,(H,18,19). The molecule has 2 rings (SSSR count). The van der Waals surface area contributed by atoms with Crippen LogP contribution in [0, 0.1) is 11.8 Å². The smallest absolute Gasteiger partial charge is 0.228 e. The fourth-order valence-electron chi connectivity index (χ4n) is 2.17. The number of carbonyl (C=O) groups excluding carboxylic acids is 1. The highest BCUT2D eigenvalue weighted by Gasteiger charge is 2.22. The number of nitrogens with one attached hydrogen (secondary N) is 2. The van der Waals surface area contributed by atoms with Crippen LogP contribution in [0.1, 0.15) is 26.7 Å². The third-order valence-electron chi connectivity index (χ3n) is 3.52. The molecule has 1 aliphatic heterocycles. The lowest BCUT2D eigenvalue weighted by atomic mass is 10.1. The van der Waals surface area contributed by atoms with Crippen molar-refractivity contribution >= 4 is 11.6 Å². The molecule has 1 saturated heterocycles. The van der Waals surface area contributed by atoms with Crippen molar-refractivity contribution in [3.8, 4) is 5.75 Å². The number of benzene rings is 1. The Bertz CT molecular complexity index is 423. The summed E-state index contributed by atoms with van der Waals surface area (Å²) in [5.74, 6) is 1.69. The second-order valence-electron chi connectivity index (χ2n) is 5.73. The van der Waals surface area contributed by atoms with E-state index in [1.54, 1.807) is 0 Å². The van der Waals surface area contributed by atoms with E-state index in [9.17, 15) is 4.79 Å². The zero-order chi connectivity index (χ0) is 14.4. The van der Waals surface area contributed by atoms with E-state index < -0.39 is 0 Å². The van der Waals surface area contributed by atoms with E-state index in [1.807, 2.05) is 24.3 Å². The zero-order valence-electron chi connectivity index (χ0n) is 12.3. The molecule has 0 spiro atoms. The maximum atomic E-state index is 12.0. The number of hydrogen-bond donors (Lipinski definition) is 2. The van der Waals surface area contributed by atoms with Crippen LogP contribution in [0.3, 0.4) is 0 Å². The Kier molecular flexibility index (Phi) is 5.41. The average Bonchev–Trinajstić information content (AvgIpc) is 2.94. The molecule has 4 nitrogen and oxygen atoms in total. The summed E-state index contributed by atoms with van der Waals surface area (Å²) in [6.45, 7) is 6.81. The van der Waals surface area contributed by atoms with Crippen LogP contribution in [0.15, 0.2) is 24.3 Å². The molecule has 0 aliphatic carbocycles. The summed E-state index contributed by atoms with van der Waals surface area (Å²) >= 11 is 0. The molecule has 0 aromatic heterocycles. The molecule has 2 N–H and O–H groups in total. The van der Waals surface area contributed by atoms with Crippen LogP contribution in [0.5, 0.6) is 5.75 Å². The number of ether oxygens (including phenoxy) is 1. The van der Waals surface area contributed by atoms with Gasteiger partial charge in [0.25, 0.3) is 0 Å². The van der Waals surface area contributed by atoms with Crippen LogP contribution in [0.4, 0.5) is 5.69 Å². The van der Waals surface area contributed by atoms with Gasteiger partial charge in [0, 0.05) is 12.2 Å². The monoisotopic (exact) mass is 276 g/mol. The van der Waals surface area contributed by atoms with E-state index in [-0.39, 0.29) is 11.8 Å². The van der Waals surface area contributed by atoms with Crippen LogP contribution < -0.4 is 15.4 Å². The molecule has 0 saturated carbocycles. The van der Waals surface area contributed by atoms with Crippen molar-refractivity contribution in [1.82, 2.24) is 5.32 Å². The average molecular weight is 276 g/mol. The van der Waals surface area contributed by atoms with Crippen LogP contribution >= 0.6 is 0 Å². The van der Waals surface area contributed by atoms with Crippen molar-refractivity contribution in [3.05, 3.63) is 24.3 Å². The van der Waals surface area contributed by atoms with Crippen molar-refractivity contribution in [3.63, 3.8) is 0 Å². The number of rotatable bonds is 6. The summed E-state index contributed by atoms with van der Waals surface area (Å²) in [7, 11) is 0. The van der Waals surface area contributed by atoms with Gasteiger partial charge in [-0.15, -0.1) is 0 Å². The Morgan fingerprint density at radius 3 is 2.75 bits per heavy atom. The van der Waals surface area contributed by atoms with Gasteiger partial charge in [-0.1, -0.05) is 13.8 Å². The summed E-state index contributed by atoms with van der Waals surface area (Å²) < 4.78 is 5.65. The topological polar surface area (TPSA) is 50.4 Å². The van der Waals surface area contributed by atoms with Gasteiger partial charge < -0.3 is 15.4 Å². The van der Waals surface area contributed by atoms with Gasteiger partial charge in [-0.3, -0.25) is 4.79 Å². The molecule has 1 unspecified atom stereocenters. The number of anilines is 1. The summed E-state index contributed by atoms with van der Waals surface area (Å²) in [4.78, 5) is 12.0. The number of amides is 1. The minimum Gasteiger partial charge on any atom is -0.494 e. The quantitative estimate of drug-likeness (QED) is 0.840. The molecule has 1 heterocycles. The first-order valence-electron chi connectivity index (χ1n) is 7.39. The van der Waals surface area contributed by atoms with Crippen molar-refractivity contribution in [1.29, 1.82) is 0 Å². The summed E-state index contributed by atoms with van der Waals surface area (Å²) in [5, 5.41) is 6.15. The fourth-order valence-corrected chi connectivity index (χ4v) is 2.17. The Labute approximate surface area is 120 Å². The lowest BCUT2D eigenvalue weighted by Gasteiger charge is -2.11. The molecule has 1 aromatic carbocycles. The minimum absolute atomic E-state index is 0.0944. The van der Waals surface area contributed by atoms with Crippen molar-refractivity contribution in [2.24, 2.45) is 11.8 Å². The number of hydrogen-bond acceptors (Lipinski definition) is 3. The van der Waals surface area contributed by atoms with Gasteiger partial charge in [-0.05, 0) is 49.6 Å². The first kappa shape index (κ1) is 14.9. The van der Waals surface area contributed by atoms with Crippen LogP contribution in [0.2, 0.25) is 0 Å².